The van der Waals surface area contributed by atoms with Crippen LogP contribution in [0.1, 0.15) is 11.1 Å². The second kappa shape index (κ2) is 5.50. The van der Waals surface area contributed by atoms with Crippen molar-refractivity contribution in [1.82, 2.24) is 0 Å². The zero-order valence-electron chi connectivity index (χ0n) is 13.2. The average molecular weight is 361 g/mol. The van der Waals surface area contributed by atoms with Crippen LogP contribution in [0.4, 0.5) is 0 Å². The van der Waals surface area contributed by atoms with E-state index in [4.69, 9.17) is 0 Å². The monoisotopic (exact) mass is 360 g/mol. The Morgan fingerprint density at radius 3 is 2.04 bits per heavy atom. The van der Waals surface area contributed by atoms with E-state index in [1.54, 1.807) is 0 Å². The van der Waals surface area contributed by atoms with Gasteiger partial charge in [0.2, 0.25) is 0 Å². The number of hydrogen-bond acceptors (Lipinski definition) is 0. The van der Waals surface area contributed by atoms with E-state index in [1.807, 2.05) is 0 Å². The average Bonchev–Trinajstić information content (AvgIpc) is 2.60. The minimum atomic E-state index is 1.13. The molecule has 0 saturated carbocycles. The Morgan fingerprint density at radius 1 is 0.565 bits per heavy atom. The smallest absolute Gasteiger partial charge is 0.0181 e. The summed E-state index contributed by atoms with van der Waals surface area (Å²) in [6, 6.07) is 24.0. The lowest BCUT2D eigenvalue weighted by Crippen LogP contribution is -1.89. The second-order valence-corrected chi connectivity index (χ2v) is 6.98. The maximum absolute atomic E-state index is 3.61. The van der Waals surface area contributed by atoms with Gasteiger partial charge in [0.25, 0.3) is 0 Å². The van der Waals surface area contributed by atoms with E-state index >= 15 is 0 Å². The van der Waals surface area contributed by atoms with Gasteiger partial charge in [0.15, 0.2) is 0 Å². The Hall–Kier alpha value is -2.12. The third-order valence-corrected chi connectivity index (χ3v) is 5.26. The van der Waals surface area contributed by atoms with Crippen LogP contribution in [0, 0.1) is 13.8 Å². The van der Waals surface area contributed by atoms with Crippen LogP contribution in [0.3, 0.4) is 0 Å². The van der Waals surface area contributed by atoms with Gasteiger partial charge in [-0.3, -0.25) is 0 Å². The van der Waals surface area contributed by atoms with Crippen molar-refractivity contribution in [2.24, 2.45) is 0 Å². The zero-order chi connectivity index (χ0) is 16.0. The highest BCUT2D eigenvalue weighted by Gasteiger charge is 2.10. The zero-order valence-corrected chi connectivity index (χ0v) is 14.8. The molecule has 0 fully saturated rings. The summed E-state index contributed by atoms with van der Waals surface area (Å²) in [5.74, 6) is 0. The molecule has 0 aliphatic rings. The van der Waals surface area contributed by atoms with E-state index in [2.05, 4.69) is 96.5 Å². The van der Waals surface area contributed by atoms with Crippen LogP contribution < -0.4 is 0 Å². The summed E-state index contributed by atoms with van der Waals surface area (Å²) < 4.78 is 1.13. The normalized spacial score (nSPS) is 11.3. The fourth-order valence-corrected chi connectivity index (χ4v) is 3.73. The molecule has 0 aromatic heterocycles. The number of benzene rings is 4. The van der Waals surface area contributed by atoms with E-state index < -0.39 is 0 Å². The molecule has 0 unspecified atom stereocenters. The molecule has 0 N–H and O–H groups in total. The third-order valence-electron chi connectivity index (χ3n) is 4.77. The van der Waals surface area contributed by atoms with E-state index in [0.717, 1.165) is 4.47 Å². The fourth-order valence-electron chi connectivity index (χ4n) is 3.37. The van der Waals surface area contributed by atoms with Crippen molar-refractivity contribution >= 4 is 37.5 Å². The Bertz CT molecular complexity index is 1030. The van der Waals surface area contributed by atoms with E-state index in [-0.39, 0.29) is 0 Å². The van der Waals surface area contributed by atoms with Gasteiger partial charge in [-0.25, -0.2) is 0 Å². The highest BCUT2D eigenvalue weighted by atomic mass is 79.9. The first-order valence-electron chi connectivity index (χ1n) is 7.83. The number of aryl methyl sites for hydroxylation is 2. The molecule has 4 aromatic carbocycles. The second-order valence-electron chi connectivity index (χ2n) is 6.07. The number of halogens is 1. The SMILES string of the molecule is Cc1c(C)c2ccc(Br)cc2c2ccc(-c3ccccc3)cc12. The van der Waals surface area contributed by atoms with Crippen molar-refractivity contribution in [3.05, 3.63) is 82.3 Å². The van der Waals surface area contributed by atoms with E-state index in [1.165, 1.54) is 43.8 Å². The lowest BCUT2D eigenvalue weighted by molar-refractivity contribution is 1.41. The molecule has 23 heavy (non-hydrogen) atoms. The van der Waals surface area contributed by atoms with Crippen molar-refractivity contribution < 1.29 is 0 Å². The third kappa shape index (κ3) is 2.36. The standard InChI is InChI=1S/C22H17Br/c1-14-15(2)21-12-17(16-6-4-3-5-7-16)8-10-20(21)22-13-18(23)9-11-19(14)22/h3-13H,1-2H3. The summed E-state index contributed by atoms with van der Waals surface area (Å²) in [5, 5.41) is 5.32. The summed E-state index contributed by atoms with van der Waals surface area (Å²) in [7, 11) is 0. The molecule has 0 radical (unpaired) electrons. The summed E-state index contributed by atoms with van der Waals surface area (Å²) in [6.07, 6.45) is 0. The summed E-state index contributed by atoms with van der Waals surface area (Å²) in [4.78, 5) is 0. The van der Waals surface area contributed by atoms with Crippen LogP contribution in [-0.4, -0.2) is 0 Å². The molecule has 0 heterocycles. The molecule has 112 valence electrons. The molecule has 0 bridgehead atoms. The summed E-state index contributed by atoms with van der Waals surface area (Å²) >= 11 is 3.61. The van der Waals surface area contributed by atoms with Gasteiger partial charge in [0.05, 0.1) is 0 Å². The Balaban J connectivity index is 2.10. The quantitative estimate of drug-likeness (QED) is 0.319. The number of rotatable bonds is 1. The van der Waals surface area contributed by atoms with Crippen molar-refractivity contribution in [2.45, 2.75) is 13.8 Å². The lowest BCUT2D eigenvalue weighted by Gasteiger charge is -2.14. The van der Waals surface area contributed by atoms with E-state index in [9.17, 15) is 0 Å². The minimum absolute atomic E-state index is 1.13. The van der Waals surface area contributed by atoms with Crippen molar-refractivity contribution in [3.8, 4) is 11.1 Å². The molecule has 0 aliphatic heterocycles. The molecule has 1 heteroatoms. The maximum atomic E-state index is 3.61. The first-order chi connectivity index (χ1) is 11.1. The topological polar surface area (TPSA) is 0 Å². The van der Waals surface area contributed by atoms with Crippen molar-refractivity contribution in [1.29, 1.82) is 0 Å². The molecule has 0 atom stereocenters. The molecule has 0 amide bonds. The predicted octanol–water partition coefficient (Wildman–Crippen LogP) is 7.04. The maximum Gasteiger partial charge on any atom is 0.0181 e. The van der Waals surface area contributed by atoms with Gasteiger partial charge < -0.3 is 0 Å². The lowest BCUT2D eigenvalue weighted by atomic mass is 9.91. The highest BCUT2D eigenvalue weighted by molar-refractivity contribution is 9.10. The van der Waals surface area contributed by atoms with Gasteiger partial charge in [0.1, 0.15) is 0 Å². The molecule has 0 spiro atoms. The largest absolute Gasteiger partial charge is 0.0622 e. The van der Waals surface area contributed by atoms with Gasteiger partial charge in [0, 0.05) is 4.47 Å². The molecule has 0 saturated heterocycles. The minimum Gasteiger partial charge on any atom is -0.0622 e. The van der Waals surface area contributed by atoms with Gasteiger partial charge in [-0.05, 0) is 75.8 Å². The molecule has 4 aromatic rings. The molecular formula is C22H17Br. The Labute approximate surface area is 144 Å². The van der Waals surface area contributed by atoms with Crippen LogP contribution in [-0.2, 0) is 0 Å². The van der Waals surface area contributed by atoms with Gasteiger partial charge >= 0.3 is 0 Å². The number of fused-ring (bicyclic) bond motifs is 3. The van der Waals surface area contributed by atoms with Crippen molar-refractivity contribution in [2.75, 3.05) is 0 Å². The molecule has 0 aliphatic carbocycles. The van der Waals surface area contributed by atoms with Crippen LogP contribution >= 0.6 is 15.9 Å². The van der Waals surface area contributed by atoms with Gasteiger partial charge in [-0.15, -0.1) is 0 Å². The van der Waals surface area contributed by atoms with Gasteiger partial charge in [-0.1, -0.05) is 64.5 Å². The fraction of sp³-hybridized carbons (Fsp3) is 0.0909. The summed E-state index contributed by atoms with van der Waals surface area (Å²) in [6.45, 7) is 4.45. The molecular weight excluding hydrogens is 344 g/mol. The number of hydrogen-bond donors (Lipinski definition) is 0. The van der Waals surface area contributed by atoms with Crippen LogP contribution in [0.25, 0.3) is 32.7 Å². The van der Waals surface area contributed by atoms with Crippen LogP contribution in [0.2, 0.25) is 0 Å². The van der Waals surface area contributed by atoms with Gasteiger partial charge in [-0.2, -0.15) is 0 Å². The summed E-state index contributed by atoms with van der Waals surface area (Å²) in [5.41, 5.74) is 5.27. The first kappa shape index (κ1) is 14.5. The molecule has 0 nitrogen and oxygen atoms in total. The Kier molecular flexibility index (Phi) is 3.46. The van der Waals surface area contributed by atoms with Crippen LogP contribution in [0.5, 0.6) is 0 Å². The van der Waals surface area contributed by atoms with E-state index in [0.29, 0.717) is 0 Å². The molecule has 4 rings (SSSR count). The Morgan fingerprint density at radius 2 is 1.26 bits per heavy atom. The predicted molar refractivity (Wildman–Crippen MR) is 104 cm³/mol. The van der Waals surface area contributed by atoms with Crippen LogP contribution in [0.15, 0.2) is 71.2 Å². The first-order valence-corrected chi connectivity index (χ1v) is 8.62. The highest BCUT2D eigenvalue weighted by Crippen LogP contribution is 2.35. The van der Waals surface area contributed by atoms with Crippen molar-refractivity contribution in [3.63, 3.8) is 0 Å².